The topological polar surface area (TPSA) is 101 Å². The highest BCUT2D eigenvalue weighted by atomic mass is 32.2. The first-order valence-electron chi connectivity index (χ1n) is 15.1. The van der Waals surface area contributed by atoms with Gasteiger partial charge in [-0.3, -0.25) is 9.69 Å². The number of phenols is 2. The van der Waals surface area contributed by atoms with Gasteiger partial charge in [0.2, 0.25) is 10.0 Å². The molecule has 1 fully saturated rings. The predicted octanol–water partition coefficient (Wildman–Crippen LogP) is 6.26. The molecule has 1 saturated heterocycles. The minimum atomic E-state index is -4.19. The molecule has 0 bridgehead atoms. The van der Waals surface area contributed by atoms with E-state index in [1.165, 1.54) is 17.7 Å². The number of carbonyl (C=O) groups excluding carboxylic acids is 1. The van der Waals surface area contributed by atoms with Gasteiger partial charge in [-0.15, -0.1) is 0 Å². The molecular weight excluding hydrogens is 598 g/mol. The summed E-state index contributed by atoms with van der Waals surface area (Å²) in [6.07, 6.45) is 0. The van der Waals surface area contributed by atoms with Crippen LogP contribution in [0.3, 0.4) is 0 Å². The molecule has 2 N–H and O–H groups in total. The fourth-order valence-electron chi connectivity index (χ4n) is 5.79. The summed E-state index contributed by atoms with van der Waals surface area (Å²) in [5, 5.41) is 20.2. The number of benzene rings is 5. The third kappa shape index (κ3) is 6.91. The number of hydrogen-bond donors (Lipinski definition) is 2. The van der Waals surface area contributed by atoms with Crippen LogP contribution in [0.2, 0.25) is 0 Å². The molecule has 0 radical (unpaired) electrons. The number of phenolic OH excluding ortho intramolecular Hbond substituents is 2. The molecule has 46 heavy (non-hydrogen) atoms. The fraction of sp³-hybridized carbons (Fsp3) is 0.162. The molecule has 1 aliphatic rings. The maximum absolute atomic E-state index is 13.8. The highest BCUT2D eigenvalue weighted by molar-refractivity contribution is 7.92. The van der Waals surface area contributed by atoms with E-state index in [9.17, 15) is 23.4 Å². The molecule has 0 spiro atoms. The van der Waals surface area contributed by atoms with Crippen LogP contribution in [0.4, 0.5) is 11.4 Å². The molecule has 0 aromatic heterocycles. The van der Waals surface area contributed by atoms with Gasteiger partial charge in [0.15, 0.2) is 0 Å². The van der Waals surface area contributed by atoms with Gasteiger partial charge in [-0.25, -0.2) is 8.42 Å². The van der Waals surface area contributed by atoms with Gasteiger partial charge >= 0.3 is 0 Å². The molecule has 0 saturated carbocycles. The third-order valence-electron chi connectivity index (χ3n) is 8.20. The van der Waals surface area contributed by atoms with Crippen LogP contribution < -0.4 is 9.21 Å². The number of carbonyl (C=O) groups is 1. The lowest BCUT2D eigenvalue weighted by Gasteiger charge is -2.36. The molecule has 234 valence electrons. The van der Waals surface area contributed by atoms with E-state index in [1.54, 1.807) is 66.7 Å². The van der Waals surface area contributed by atoms with Crippen LogP contribution >= 0.6 is 0 Å². The Morgan fingerprint density at radius 1 is 0.696 bits per heavy atom. The molecule has 0 atom stereocenters. The Bertz CT molecular complexity index is 1910. The summed E-state index contributed by atoms with van der Waals surface area (Å²) in [6.45, 7) is 4.10. The van der Waals surface area contributed by atoms with E-state index < -0.39 is 21.7 Å². The Labute approximate surface area is 269 Å². The van der Waals surface area contributed by atoms with Crippen molar-refractivity contribution in [3.8, 4) is 22.6 Å². The van der Waals surface area contributed by atoms with Crippen molar-refractivity contribution in [1.29, 1.82) is 0 Å². The van der Waals surface area contributed by atoms with Gasteiger partial charge in [0, 0.05) is 44.0 Å². The molecule has 1 heterocycles. The molecule has 1 amide bonds. The average Bonchev–Trinajstić information content (AvgIpc) is 3.07. The van der Waals surface area contributed by atoms with Crippen LogP contribution in [-0.2, 0) is 22.3 Å². The molecule has 9 heteroatoms. The van der Waals surface area contributed by atoms with Crippen LogP contribution in [-0.4, -0.2) is 55.6 Å². The Morgan fingerprint density at radius 3 is 2.02 bits per heavy atom. The summed E-state index contributed by atoms with van der Waals surface area (Å²) in [4.78, 5) is 18.5. The van der Waals surface area contributed by atoms with Crippen molar-refractivity contribution < 1.29 is 23.4 Å². The first-order chi connectivity index (χ1) is 22.3. The number of anilines is 2. The molecule has 0 aliphatic carbocycles. The molecule has 8 nitrogen and oxygen atoms in total. The minimum Gasteiger partial charge on any atom is -0.508 e. The van der Waals surface area contributed by atoms with Gasteiger partial charge in [-0.2, -0.15) is 4.31 Å². The van der Waals surface area contributed by atoms with Crippen molar-refractivity contribution in [1.82, 2.24) is 4.90 Å². The second-order valence-corrected chi connectivity index (χ2v) is 13.1. The number of rotatable bonds is 9. The van der Waals surface area contributed by atoms with E-state index in [1.807, 2.05) is 36.4 Å². The fourth-order valence-corrected chi connectivity index (χ4v) is 7.34. The Hall–Kier alpha value is -5.12. The number of aromatic hydroxyl groups is 2. The van der Waals surface area contributed by atoms with Crippen LogP contribution in [0.1, 0.15) is 21.5 Å². The van der Waals surface area contributed by atoms with E-state index in [0.29, 0.717) is 9.87 Å². The van der Waals surface area contributed by atoms with Gasteiger partial charge in [-0.1, -0.05) is 78.9 Å². The monoisotopic (exact) mass is 633 g/mol. The summed E-state index contributed by atoms with van der Waals surface area (Å²) in [6, 6.07) is 37.2. The second kappa shape index (κ2) is 13.5. The van der Waals surface area contributed by atoms with Crippen LogP contribution in [0, 0.1) is 0 Å². The van der Waals surface area contributed by atoms with Crippen LogP contribution in [0.5, 0.6) is 11.5 Å². The highest BCUT2D eigenvalue weighted by Crippen LogP contribution is 2.32. The summed E-state index contributed by atoms with van der Waals surface area (Å²) < 4.78 is 28.0. The third-order valence-corrected chi connectivity index (χ3v) is 9.81. The number of amides is 1. The smallest absolute Gasteiger partial charge is 0.272 e. The number of piperazine rings is 1. The number of nitrogens with zero attached hydrogens (tertiary/aromatic N) is 3. The summed E-state index contributed by atoms with van der Waals surface area (Å²) in [5.74, 6) is -1.18. The lowest BCUT2D eigenvalue weighted by atomic mass is 9.99. The predicted molar refractivity (Wildman–Crippen MR) is 181 cm³/mol. The molecule has 5 aromatic rings. The zero-order chi connectivity index (χ0) is 32.1. The zero-order valence-corrected chi connectivity index (χ0v) is 26.1. The normalized spacial score (nSPS) is 13.8. The van der Waals surface area contributed by atoms with E-state index in [-0.39, 0.29) is 22.7 Å². The Balaban J connectivity index is 1.15. The maximum Gasteiger partial charge on any atom is 0.272 e. The largest absolute Gasteiger partial charge is 0.508 e. The molecular formula is C37H35N3O5S. The van der Waals surface area contributed by atoms with Crippen molar-refractivity contribution in [2.75, 3.05) is 35.4 Å². The second-order valence-electron chi connectivity index (χ2n) is 11.3. The van der Waals surface area contributed by atoms with Gasteiger partial charge < -0.3 is 15.1 Å². The van der Waals surface area contributed by atoms with E-state index >= 15 is 0 Å². The number of hydrogen-bond acceptors (Lipinski definition) is 7. The van der Waals surface area contributed by atoms with Gasteiger partial charge in [-0.05, 0) is 70.8 Å². The molecule has 5 aromatic carbocycles. The van der Waals surface area contributed by atoms with Crippen LogP contribution in [0.15, 0.2) is 127 Å². The lowest BCUT2D eigenvalue weighted by Crippen LogP contribution is -2.46. The van der Waals surface area contributed by atoms with E-state index in [4.69, 9.17) is 0 Å². The van der Waals surface area contributed by atoms with Gasteiger partial charge in [0.05, 0.1) is 5.75 Å². The Morgan fingerprint density at radius 2 is 1.33 bits per heavy atom. The molecule has 1 aliphatic heterocycles. The number of para-hydroxylation sites is 2. The van der Waals surface area contributed by atoms with Crippen molar-refractivity contribution in [2.45, 2.75) is 12.3 Å². The van der Waals surface area contributed by atoms with Gasteiger partial charge in [0.25, 0.3) is 5.91 Å². The van der Waals surface area contributed by atoms with Crippen LogP contribution in [0.25, 0.3) is 11.1 Å². The first-order valence-corrected chi connectivity index (χ1v) is 16.7. The quantitative estimate of drug-likeness (QED) is 0.198. The van der Waals surface area contributed by atoms with Gasteiger partial charge in [0.1, 0.15) is 17.2 Å². The highest BCUT2D eigenvalue weighted by Gasteiger charge is 2.32. The molecule has 0 unspecified atom stereocenters. The summed E-state index contributed by atoms with van der Waals surface area (Å²) in [5.41, 5.74) is 5.03. The average molecular weight is 634 g/mol. The summed E-state index contributed by atoms with van der Waals surface area (Å²) in [7, 11) is -4.19. The maximum atomic E-state index is 13.8. The lowest BCUT2D eigenvalue weighted by molar-refractivity contribution is 0.100. The number of sulfonamides is 1. The SMILES string of the molecule is O=C(c1ccc(N2CCN(Cc3ccccc3-c3ccc(O)cc3)CC2)cc1)N(c1ccccc1O)S(=O)(=O)Cc1ccccc1. The molecule has 6 rings (SSSR count). The van der Waals surface area contributed by atoms with Crippen molar-refractivity contribution in [2.24, 2.45) is 0 Å². The van der Waals surface area contributed by atoms with Crippen molar-refractivity contribution in [3.05, 3.63) is 144 Å². The minimum absolute atomic E-state index is 0.0874. The van der Waals surface area contributed by atoms with Crippen molar-refractivity contribution >= 4 is 27.3 Å². The van der Waals surface area contributed by atoms with E-state index in [0.717, 1.165) is 49.5 Å². The zero-order valence-electron chi connectivity index (χ0n) is 25.2. The van der Waals surface area contributed by atoms with Crippen molar-refractivity contribution in [3.63, 3.8) is 0 Å². The first kappa shape index (κ1) is 30.9. The summed E-state index contributed by atoms with van der Waals surface area (Å²) >= 11 is 0. The Kier molecular flexibility index (Phi) is 9.05. The van der Waals surface area contributed by atoms with E-state index in [2.05, 4.69) is 21.9 Å². The standard InChI is InChI=1S/C37H35N3O5S/c41-33-20-16-29(17-21-33)34-11-5-4-10-31(34)26-38-22-24-39(25-23-38)32-18-14-30(15-19-32)37(43)40(35-12-6-7-13-36(35)42)46(44,45)27-28-8-2-1-3-9-28/h1-21,41-42H,22-27H2.